The molecule has 0 aromatic carbocycles. The van der Waals surface area contributed by atoms with Crippen LogP contribution in [0.25, 0.3) is 0 Å². The molecule has 1 heterocycles. The maximum Gasteiger partial charge on any atom is 0.228 e. The van der Waals surface area contributed by atoms with E-state index in [-0.39, 0.29) is 5.91 Å². The molecule has 1 aliphatic rings. The van der Waals surface area contributed by atoms with Crippen LogP contribution in [-0.4, -0.2) is 16.9 Å². The Labute approximate surface area is 108 Å². The van der Waals surface area contributed by atoms with Gasteiger partial charge in [-0.1, -0.05) is 13.8 Å². The van der Waals surface area contributed by atoms with Gasteiger partial charge in [-0.05, 0) is 37.3 Å². The number of nitrogens with zero attached hydrogens (tertiary/aromatic N) is 2. The van der Waals surface area contributed by atoms with Crippen LogP contribution in [0, 0.1) is 5.92 Å². The number of carbonyl (C=O) groups excluding carboxylic acids is 1. The van der Waals surface area contributed by atoms with Crippen molar-refractivity contribution in [2.24, 2.45) is 5.92 Å². The van der Waals surface area contributed by atoms with Crippen molar-refractivity contribution in [3.63, 3.8) is 0 Å². The molecule has 0 spiro atoms. The Balaban J connectivity index is 2.08. The summed E-state index contributed by atoms with van der Waals surface area (Å²) in [7, 11) is 0. The smallest absolute Gasteiger partial charge is 0.228 e. The van der Waals surface area contributed by atoms with Gasteiger partial charge in [0.05, 0.1) is 11.9 Å². The Morgan fingerprint density at radius 1 is 1.50 bits per heavy atom. The second-order valence-corrected chi connectivity index (χ2v) is 5.38. The quantitative estimate of drug-likeness (QED) is 0.870. The first kappa shape index (κ1) is 12.9. The van der Waals surface area contributed by atoms with E-state index in [0.29, 0.717) is 24.1 Å². The van der Waals surface area contributed by atoms with Gasteiger partial charge in [0.15, 0.2) is 0 Å². The minimum atomic E-state index is 0.184. The Bertz CT molecular complexity index is 410. The van der Waals surface area contributed by atoms with Crippen LogP contribution < -0.4 is 10.6 Å². The van der Waals surface area contributed by atoms with Crippen LogP contribution in [0.4, 0.5) is 11.5 Å². The number of hydrogen-bond donors (Lipinski definition) is 1. The van der Waals surface area contributed by atoms with E-state index < -0.39 is 0 Å². The molecule has 98 valence electrons. The molecule has 2 rings (SSSR count). The van der Waals surface area contributed by atoms with Gasteiger partial charge in [0, 0.05) is 12.5 Å². The van der Waals surface area contributed by atoms with Gasteiger partial charge in [0.25, 0.3) is 0 Å². The molecule has 2 N–H and O–H groups in total. The molecule has 0 aliphatic heterocycles. The summed E-state index contributed by atoms with van der Waals surface area (Å²) in [6.45, 7) is 4.27. The average Bonchev–Trinajstić information content (AvgIpc) is 3.14. The van der Waals surface area contributed by atoms with Crippen LogP contribution in [0.2, 0.25) is 0 Å². The maximum atomic E-state index is 12.3. The van der Waals surface area contributed by atoms with Crippen molar-refractivity contribution < 1.29 is 4.79 Å². The van der Waals surface area contributed by atoms with Crippen LogP contribution in [-0.2, 0) is 4.79 Å². The van der Waals surface area contributed by atoms with Gasteiger partial charge >= 0.3 is 0 Å². The Morgan fingerprint density at radius 3 is 2.72 bits per heavy atom. The van der Waals surface area contributed by atoms with Gasteiger partial charge in [0.1, 0.15) is 5.82 Å². The van der Waals surface area contributed by atoms with Crippen molar-refractivity contribution in [3.8, 4) is 0 Å². The van der Waals surface area contributed by atoms with Gasteiger partial charge < -0.3 is 5.73 Å². The lowest BCUT2D eigenvalue weighted by Crippen LogP contribution is -2.33. The molecule has 1 fully saturated rings. The molecule has 0 radical (unpaired) electrons. The normalized spacial score (nSPS) is 14.8. The van der Waals surface area contributed by atoms with Crippen LogP contribution in [0.5, 0.6) is 0 Å². The lowest BCUT2D eigenvalue weighted by molar-refractivity contribution is -0.119. The largest absolute Gasteiger partial charge is 0.397 e. The van der Waals surface area contributed by atoms with Crippen molar-refractivity contribution >= 4 is 17.4 Å². The number of aromatic nitrogens is 1. The fourth-order valence-electron chi connectivity index (χ4n) is 1.92. The lowest BCUT2D eigenvalue weighted by Gasteiger charge is -2.22. The van der Waals surface area contributed by atoms with Crippen molar-refractivity contribution in [1.82, 2.24) is 4.98 Å². The highest BCUT2D eigenvalue weighted by Gasteiger charge is 2.34. The zero-order valence-electron chi connectivity index (χ0n) is 11.1. The summed E-state index contributed by atoms with van der Waals surface area (Å²) in [5.41, 5.74) is 6.26. The van der Waals surface area contributed by atoms with Crippen LogP contribution >= 0.6 is 0 Å². The number of pyridine rings is 1. The fourth-order valence-corrected chi connectivity index (χ4v) is 1.92. The SMILES string of the molecule is CC(C)CCC(=O)N(c1ccc(N)cn1)C1CC1. The Hall–Kier alpha value is -1.58. The average molecular weight is 247 g/mol. The van der Waals surface area contributed by atoms with Crippen molar-refractivity contribution in [3.05, 3.63) is 18.3 Å². The summed E-state index contributed by atoms with van der Waals surface area (Å²) in [4.78, 5) is 18.4. The number of nitrogens with two attached hydrogens (primary N) is 1. The number of nitrogen functional groups attached to an aromatic ring is 1. The number of anilines is 2. The molecule has 1 saturated carbocycles. The highest BCUT2D eigenvalue weighted by molar-refractivity contribution is 5.93. The molecule has 18 heavy (non-hydrogen) atoms. The number of carbonyl (C=O) groups is 1. The monoisotopic (exact) mass is 247 g/mol. The summed E-state index contributed by atoms with van der Waals surface area (Å²) in [5, 5.41) is 0. The van der Waals surface area contributed by atoms with Gasteiger partial charge in [-0.15, -0.1) is 0 Å². The highest BCUT2D eigenvalue weighted by atomic mass is 16.2. The molecule has 1 amide bonds. The van der Waals surface area contributed by atoms with Crippen LogP contribution in [0.15, 0.2) is 18.3 Å². The summed E-state index contributed by atoms with van der Waals surface area (Å²) in [6, 6.07) is 3.98. The molecule has 1 aliphatic carbocycles. The van der Waals surface area contributed by atoms with E-state index in [2.05, 4.69) is 18.8 Å². The molecule has 1 aromatic heterocycles. The minimum absolute atomic E-state index is 0.184. The van der Waals surface area contributed by atoms with Gasteiger partial charge in [0.2, 0.25) is 5.91 Å². The van der Waals surface area contributed by atoms with Crippen molar-refractivity contribution in [2.75, 3.05) is 10.6 Å². The second-order valence-electron chi connectivity index (χ2n) is 5.38. The van der Waals surface area contributed by atoms with Crippen molar-refractivity contribution in [2.45, 2.75) is 45.6 Å². The van der Waals surface area contributed by atoms with E-state index in [4.69, 9.17) is 5.73 Å². The molecular formula is C14H21N3O. The predicted molar refractivity (Wildman–Crippen MR) is 73.2 cm³/mol. The maximum absolute atomic E-state index is 12.3. The molecule has 4 nitrogen and oxygen atoms in total. The summed E-state index contributed by atoms with van der Waals surface area (Å²) in [5.74, 6) is 1.47. The molecule has 4 heteroatoms. The summed E-state index contributed by atoms with van der Waals surface area (Å²) < 4.78 is 0. The van der Waals surface area contributed by atoms with Crippen molar-refractivity contribution in [1.29, 1.82) is 0 Å². The predicted octanol–water partition coefficient (Wildman–Crippen LogP) is 2.60. The van der Waals surface area contributed by atoms with E-state index in [9.17, 15) is 4.79 Å². The molecule has 0 saturated heterocycles. The Morgan fingerprint density at radius 2 is 2.22 bits per heavy atom. The zero-order chi connectivity index (χ0) is 13.1. The fraction of sp³-hybridized carbons (Fsp3) is 0.571. The number of rotatable bonds is 5. The van der Waals surface area contributed by atoms with E-state index in [1.54, 1.807) is 12.3 Å². The lowest BCUT2D eigenvalue weighted by atomic mass is 10.1. The zero-order valence-corrected chi connectivity index (χ0v) is 11.1. The van der Waals surface area contributed by atoms with Crippen LogP contribution in [0.3, 0.4) is 0 Å². The third kappa shape index (κ3) is 3.22. The second kappa shape index (κ2) is 5.38. The number of amides is 1. The van der Waals surface area contributed by atoms with E-state index in [1.165, 1.54) is 0 Å². The van der Waals surface area contributed by atoms with E-state index in [1.807, 2.05) is 11.0 Å². The van der Waals surface area contributed by atoms with Gasteiger partial charge in [-0.3, -0.25) is 9.69 Å². The molecule has 1 aromatic rings. The molecule has 0 bridgehead atoms. The molecular weight excluding hydrogens is 226 g/mol. The summed E-state index contributed by atoms with van der Waals surface area (Å²) >= 11 is 0. The minimum Gasteiger partial charge on any atom is -0.397 e. The standard InChI is InChI=1S/C14H21N3O/c1-10(2)3-8-14(18)17(12-5-6-12)13-7-4-11(15)9-16-13/h4,7,9-10,12H,3,5-6,8,15H2,1-2H3. The first-order chi connectivity index (χ1) is 8.58. The first-order valence-corrected chi connectivity index (χ1v) is 6.61. The first-order valence-electron chi connectivity index (χ1n) is 6.61. The number of hydrogen-bond acceptors (Lipinski definition) is 3. The van der Waals surface area contributed by atoms with Gasteiger partial charge in [-0.2, -0.15) is 0 Å². The third-order valence-corrected chi connectivity index (χ3v) is 3.13. The highest BCUT2D eigenvalue weighted by Crippen LogP contribution is 2.31. The van der Waals surface area contributed by atoms with Crippen LogP contribution in [0.1, 0.15) is 39.5 Å². The molecule has 0 atom stereocenters. The topological polar surface area (TPSA) is 59.2 Å². The van der Waals surface area contributed by atoms with Gasteiger partial charge in [-0.25, -0.2) is 4.98 Å². The van der Waals surface area contributed by atoms with E-state index >= 15 is 0 Å². The third-order valence-electron chi connectivity index (χ3n) is 3.13. The van der Waals surface area contributed by atoms with E-state index in [0.717, 1.165) is 25.1 Å². The Kier molecular flexibility index (Phi) is 3.84. The molecule has 0 unspecified atom stereocenters. The summed E-state index contributed by atoms with van der Waals surface area (Å²) in [6.07, 6.45) is 5.30.